The average molecular weight is 346 g/mol. The zero-order valence-corrected chi connectivity index (χ0v) is 10.3. The second-order valence-electron chi connectivity index (χ2n) is 3.78. The van der Waals surface area contributed by atoms with Crippen LogP contribution in [0.4, 0.5) is 45.2 Å². The van der Waals surface area contributed by atoms with Crippen molar-refractivity contribution in [2.45, 2.75) is 24.6 Å². The van der Waals surface area contributed by atoms with Gasteiger partial charge in [0.2, 0.25) is 0 Å². The molecular weight excluding hydrogens is 341 g/mol. The van der Waals surface area contributed by atoms with Crippen LogP contribution in [0, 0.1) is 0 Å². The van der Waals surface area contributed by atoms with Gasteiger partial charge in [-0.25, -0.2) is 8.78 Å². The molecule has 0 unspecified atom stereocenters. The van der Waals surface area contributed by atoms with Crippen molar-refractivity contribution < 1.29 is 39.5 Å². The Morgan fingerprint density at radius 3 is 1.76 bits per heavy atom. The van der Waals surface area contributed by atoms with Gasteiger partial charge in [0.1, 0.15) is 0 Å². The van der Waals surface area contributed by atoms with Crippen molar-refractivity contribution in [3.05, 3.63) is 28.8 Å². The second-order valence-corrected chi connectivity index (χ2v) is 4.19. The Morgan fingerprint density at radius 1 is 0.905 bits per heavy atom. The van der Waals surface area contributed by atoms with Crippen molar-refractivity contribution in [3.8, 4) is 0 Å². The monoisotopic (exact) mass is 345 g/mol. The first-order valence-corrected chi connectivity index (χ1v) is 5.36. The number of rotatable bonds is 3. The van der Waals surface area contributed by atoms with Crippen molar-refractivity contribution in [1.82, 2.24) is 0 Å². The Balaban J connectivity index is 3.43. The molecule has 120 valence electrons. The van der Waals surface area contributed by atoms with E-state index in [9.17, 15) is 39.5 Å². The highest BCUT2D eigenvalue weighted by Crippen LogP contribution is 2.48. The molecule has 1 aromatic rings. The van der Waals surface area contributed by atoms with Crippen LogP contribution in [0.25, 0.3) is 0 Å². The highest BCUT2D eigenvalue weighted by Gasteiger charge is 2.73. The van der Waals surface area contributed by atoms with Crippen LogP contribution in [0.1, 0.15) is 12.0 Å². The van der Waals surface area contributed by atoms with E-state index < -0.39 is 40.8 Å². The largest absolute Gasteiger partial charge is 0.451 e. The predicted octanol–water partition coefficient (Wildman–Crippen LogP) is 5.48. The van der Waals surface area contributed by atoms with Crippen molar-refractivity contribution in [2.75, 3.05) is 5.32 Å². The molecule has 1 N–H and O–H groups in total. The molecule has 0 atom stereocenters. The smallest absolute Gasteiger partial charge is 0.337 e. The molecule has 0 fully saturated rings. The van der Waals surface area contributed by atoms with Gasteiger partial charge in [0, 0.05) is 5.56 Å². The molecule has 0 heterocycles. The lowest BCUT2D eigenvalue weighted by molar-refractivity contribution is -0.330. The summed E-state index contributed by atoms with van der Waals surface area (Å²) >= 11 is 5.28. The van der Waals surface area contributed by atoms with E-state index >= 15 is 0 Å². The van der Waals surface area contributed by atoms with E-state index in [2.05, 4.69) is 0 Å². The molecule has 0 saturated heterocycles. The highest BCUT2D eigenvalue weighted by molar-refractivity contribution is 6.33. The van der Waals surface area contributed by atoms with Crippen LogP contribution in [0.15, 0.2) is 18.2 Å². The minimum Gasteiger partial charge on any atom is -0.337 e. The van der Waals surface area contributed by atoms with Gasteiger partial charge in [0.25, 0.3) is 6.43 Å². The van der Waals surface area contributed by atoms with Crippen LogP contribution in [-0.2, 0) is 0 Å². The van der Waals surface area contributed by atoms with Gasteiger partial charge in [-0.3, -0.25) is 0 Å². The normalized spacial score (nSPS) is 13.7. The molecular formula is C10H5ClF9N. The Labute approximate surface area is 116 Å². The maximum absolute atomic E-state index is 13.5. The first kappa shape index (κ1) is 17.7. The van der Waals surface area contributed by atoms with E-state index in [1.54, 1.807) is 0 Å². The average Bonchev–Trinajstić information content (AvgIpc) is 2.28. The van der Waals surface area contributed by atoms with Crippen molar-refractivity contribution in [2.24, 2.45) is 0 Å². The van der Waals surface area contributed by atoms with Gasteiger partial charge in [0.05, 0.1) is 10.7 Å². The molecule has 0 saturated carbocycles. The number of hydrogen-bond donors (Lipinski definition) is 1. The second kappa shape index (κ2) is 5.47. The number of benzene rings is 1. The fourth-order valence-corrected chi connectivity index (χ4v) is 1.56. The summed E-state index contributed by atoms with van der Waals surface area (Å²) in [5, 5.41) is -0.489. The number of halogens is 10. The quantitative estimate of drug-likeness (QED) is 0.565. The molecule has 0 aliphatic heterocycles. The Hall–Kier alpha value is -1.32. The third-order valence-corrected chi connectivity index (χ3v) is 2.67. The van der Waals surface area contributed by atoms with E-state index in [1.165, 1.54) is 0 Å². The lowest BCUT2D eigenvalue weighted by Gasteiger charge is -2.32. The van der Waals surface area contributed by atoms with Crippen molar-refractivity contribution in [3.63, 3.8) is 0 Å². The third-order valence-electron chi connectivity index (χ3n) is 2.36. The van der Waals surface area contributed by atoms with E-state index in [0.717, 1.165) is 12.1 Å². The Morgan fingerprint density at radius 2 is 1.38 bits per heavy atom. The molecule has 0 spiro atoms. The maximum atomic E-state index is 13.5. The van der Waals surface area contributed by atoms with Crippen LogP contribution < -0.4 is 5.32 Å². The summed E-state index contributed by atoms with van der Waals surface area (Å²) in [6.45, 7) is 0. The summed E-state index contributed by atoms with van der Waals surface area (Å²) in [6, 6.07) is 2.13. The summed E-state index contributed by atoms with van der Waals surface area (Å²) in [5.74, 6) is -5.92. The summed E-state index contributed by atoms with van der Waals surface area (Å²) in [4.78, 5) is 0. The number of alkyl halides is 9. The molecule has 1 rings (SSSR count). The van der Waals surface area contributed by atoms with E-state index in [0.29, 0.717) is 11.4 Å². The van der Waals surface area contributed by atoms with E-state index in [1.807, 2.05) is 0 Å². The molecule has 0 radical (unpaired) electrons. The maximum Gasteiger partial charge on any atom is 0.451 e. The number of nitrogens with one attached hydrogen (secondary N) is 1. The summed E-state index contributed by atoms with van der Waals surface area (Å²) in [7, 11) is 0. The standard InChI is InChI=1S/C10H5ClF9N/c11-5-3-1-2-4(7(12)13)6(5)21-8(14,9(15,16)17)10(18,19)20/h1-3,7,21H. The molecule has 0 aromatic heterocycles. The molecule has 21 heavy (non-hydrogen) atoms. The first-order chi connectivity index (χ1) is 9.31. The first-order valence-electron chi connectivity index (χ1n) is 4.98. The van der Waals surface area contributed by atoms with Gasteiger partial charge in [-0.1, -0.05) is 23.7 Å². The molecule has 0 aliphatic rings. The summed E-state index contributed by atoms with van der Waals surface area (Å²) < 4.78 is 113. The van der Waals surface area contributed by atoms with Crippen LogP contribution in [0.3, 0.4) is 0 Å². The van der Waals surface area contributed by atoms with Crippen LogP contribution >= 0.6 is 11.6 Å². The van der Waals surface area contributed by atoms with Crippen molar-refractivity contribution in [1.29, 1.82) is 0 Å². The third kappa shape index (κ3) is 3.30. The molecule has 0 aliphatic carbocycles. The SMILES string of the molecule is FC(F)c1cccc(Cl)c1NC(F)(C(F)(F)F)C(F)(F)F. The fourth-order valence-electron chi connectivity index (χ4n) is 1.33. The van der Waals surface area contributed by atoms with E-state index in [4.69, 9.17) is 11.6 Å². The fraction of sp³-hybridized carbons (Fsp3) is 0.400. The van der Waals surface area contributed by atoms with Gasteiger partial charge in [-0.05, 0) is 6.07 Å². The minimum absolute atomic E-state index is 0.425. The topological polar surface area (TPSA) is 12.0 Å². The van der Waals surface area contributed by atoms with E-state index in [-0.39, 0.29) is 0 Å². The Bertz CT molecular complexity index is 494. The highest BCUT2D eigenvalue weighted by atomic mass is 35.5. The Kier molecular flexibility index (Phi) is 4.62. The van der Waals surface area contributed by atoms with Crippen LogP contribution in [-0.4, -0.2) is 18.1 Å². The minimum atomic E-state index is -6.44. The zero-order valence-electron chi connectivity index (χ0n) is 9.59. The number of hydrogen-bond acceptors (Lipinski definition) is 1. The summed E-state index contributed by atoms with van der Waals surface area (Å²) in [5.41, 5.74) is -2.77. The molecule has 11 heteroatoms. The van der Waals surface area contributed by atoms with Gasteiger partial charge in [-0.2, -0.15) is 30.7 Å². The lowest BCUT2D eigenvalue weighted by Crippen LogP contribution is -2.59. The van der Waals surface area contributed by atoms with Crippen LogP contribution in [0.2, 0.25) is 5.02 Å². The molecule has 0 bridgehead atoms. The van der Waals surface area contributed by atoms with Crippen molar-refractivity contribution >= 4 is 17.3 Å². The zero-order chi connectivity index (χ0) is 16.6. The van der Waals surface area contributed by atoms with Gasteiger partial charge in [0.15, 0.2) is 0 Å². The van der Waals surface area contributed by atoms with Gasteiger partial charge in [-0.15, -0.1) is 0 Å². The van der Waals surface area contributed by atoms with Crippen LogP contribution in [0.5, 0.6) is 0 Å². The molecule has 1 nitrogen and oxygen atoms in total. The number of para-hydroxylation sites is 1. The van der Waals surface area contributed by atoms with Gasteiger partial charge >= 0.3 is 18.1 Å². The summed E-state index contributed by atoms with van der Waals surface area (Å²) in [6.07, 6.45) is -16.3. The molecule has 1 aromatic carbocycles. The number of anilines is 1. The molecule has 0 amide bonds. The lowest BCUT2D eigenvalue weighted by atomic mass is 10.1. The predicted molar refractivity (Wildman–Crippen MR) is 56.0 cm³/mol. The van der Waals surface area contributed by atoms with Gasteiger partial charge < -0.3 is 5.32 Å².